The number of aliphatic hydroxyl groups excluding tert-OH is 1. The van der Waals surface area contributed by atoms with Gasteiger partial charge in [0.15, 0.2) is 0 Å². The SMILES string of the molecule is CN(CC(O)C1CC1)C(=O)NCCc1cnn(C)c1. The van der Waals surface area contributed by atoms with Crippen LogP contribution < -0.4 is 5.32 Å². The summed E-state index contributed by atoms with van der Waals surface area (Å²) in [6.07, 6.45) is 6.28. The Hall–Kier alpha value is -1.56. The van der Waals surface area contributed by atoms with Crippen molar-refractivity contribution in [2.24, 2.45) is 13.0 Å². The molecule has 0 aliphatic heterocycles. The van der Waals surface area contributed by atoms with Gasteiger partial charge in [-0.25, -0.2) is 4.79 Å². The van der Waals surface area contributed by atoms with Crippen molar-refractivity contribution in [3.63, 3.8) is 0 Å². The Morgan fingerprint density at radius 1 is 1.68 bits per heavy atom. The third-order valence-corrected chi connectivity index (χ3v) is 3.42. The fourth-order valence-electron chi connectivity index (χ4n) is 2.04. The van der Waals surface area contributed by atoms with Crippen LogP contribution in [0.3, 0.4) is 0 Å². The predicted octanol–water partition coefficient (Wildman–Crippen LogP) is 0.375. The molecule has 2 amide bonds. The number of hydrogen-bond donors (Lipinski definition) is 2. The van der Waals surface area contributed by atoms with E-state index in [4.69, 9.17) is 0 Å². The summed E-state index contributed by atoms with van der Waals surface area (Å²) >= 11 is 0. The van der Waals surface area contributed by atoms with Gasteiger partial charge in [0.05, 0.1) is 12.3 Å². The topological polar surface area (TPSA) is 70.4 Å². The highest BCUT2D eigenvalue weighted by Gasteiger charge is 2.31. The second-order valence-electron chi connectivity index (χ2n) is 5.29. The number of hydrogen-bond acceptors (Lipinski definition) is 3. The van der Waals surface area contributed by atoms with Crippen LogP contribution in [0.2, 0.25) is 0 Å². The number of urea groups is 1. The van der Waals surface area contributed by atoms with Crippen molar-refractivity contribution in [1.82, 2.24) is 20.0 Å². The van der Waals surface area contributed by atoms with Crippen LogP contribution in [0, 0.1) is 5.92 Å². The molecule has 1 atom stereocenters. The summed E-state index contributed by atoms with van der Waals surface area (Å²) in [4.78, 5) is 13.3. The summed E-state index contributed by atoms with van der Waals surface area (Å²) in [5, 5.41) is 16.7. The molecule has 1 heterocycles. The zero-order valence-electron chi connectivity index (χ0n) is 11.5. The van der Waals surface area contributed by atoms with Crippen molar-refractivity contribution < 1.29 is 9.90 Å². The number of nitrogens with zero attached hydrogens (tertiary/aromatic N) is 3. The Bertz CT molecular complexity index is 428. The van der Waals surface area contributed by atoms with E-state index < -0.39 is 0 Å². The smallest absolute Gasteiger partial charge is 0.317 e. The quantitative estimate of drug-likeness (QED) is 0.782. The molecule has 19 heavy (non-hydrogen) atoms. The summed E-state index contributed by atoms with van der Waals surface area (Å²) in [5.41, 5.74) is 1.10. The molecular weight excluding hydrogens is 244 g/mol. The number of amides is 2. The maximum atomic E-state index is 11.8. The molecule has 106 valence electrons. The zero-order valence-corrected chi connectivity index (χ0v) is 11.5. The van der Waals surface area contributed by atoms with Crippen molar-refractivity contribution in [2.45, 2.75) is 25.4 Å². The molecule has 1 saturated carbocycles. The standard InChI is InChI=1S/C13H22N4O2/c1-16(9-12(18)11-3-4-11)13(19)14-6-5-10-7-15-17(2)8-10/h7-8,11-12,18H,3-6,9H2,1-2H3,(H,14,19). The average Bonchev–Trinajstić information content (AvgIpc) is 3.13. The minimum absolute atomic E-state index is 0.136. The van der Waals surface area contributed by atoms with E-state index >= 15 is 0 Å². The largest absolute Gasteiger partial charge is 0.391 e. The maximum Gasteiger partial charge on any atom is 0.317 e. The highest BCUT2D eigenvalue weighted by molar-refractivity contribution is 5.73. The number of likely N-dealkylation sites (N-methyl/N-ethyl adjacent to an activating group) is 1. The number of aromatic nitrogens is 2. The van der Waals surface area contributed by atoms with E-state index in [1.165, 1.54) is 0 Å². The molecule has 2 rings (SSSR count). The lowest BCUT2D eigenvalue weighted by Crippen LogP contribution is -2.42. The van der Waals surface area contributed by atoms with Gasteiger partial charge in [-0.3, -0.25) is 4.68 Å². The van der Waals surface area contributed by atoms with E-state index in [9.17, 15) is 9.90 Å². The Labute approximate surface area is 113 Å². The zero-order chi connectivity index (χ0) is 13.8. The molecule has 2 N–H and O–H groups in total. The molecule has 1 fully saturated rings. The molecule has 6 nitrogen and oxygen atoms in total. The maximum absolute atomic E-state index is 11.8. The van der Waals surface area contributed by atoms with Gasteiger partial charge in [-0.15, -0.1) is 0 Å². The molecule has 0 spiro atoms. The van der Waals surface area contributed by atoms with Gasteiger partial charge in [0.2, 0.25) is 0 Å². The lowest BCUT2D eigenvalue weighted by atomic mass is 10.2. The molecule has 1 aliphatic rings. The van der Waals surface area contributed by atoms with Crippen LogP contribution in [0.15, 0.2) is 12.4 Å². The van der Waals surface area contributed by atoms with E-state index in [0.29, 0.717) is 19.0 Å². The van der Waals surface area contributed by atoms with Gasteiger partial charge in [-0.2, -0.15) is 5.10 Å². The van der Waals surface area contributed by atoms with E-state index in [0.717, 1.165) is 24.8 Å². The minimum Gasteiger partial charge on any atom is -0.391 e. The van der Waals surface area contributed by atoms with Crippen LogP contribution in [0.25, 0.3) is 0 Å². The number of carbonyl (C=O) groups excluding carboxylic acids is 1. The summed E-state index contributed by atoms with van der Waals surface area (Å²) in [6.45, 7) is 0.984. The Morgan fingerprint density at radius 2 is 2.42 bits per heavy atom. The van der Waals surface area contributed by atoms with Crippen molar-refractivity contribution >= 4 is 6.03 Å². The minimum atomic E-state index is -0.380. The second kappa shape index (κ2) is 6.06. The summed E-state index contributed by atoms with van der Waals surface area (Å²) in [5.74, 6) is 0.394. The normalized spacial score (nSPS) is 16.2. The number of aryl methyl sites for hydroxylation is 1. The summed E-state index contributed by atoms with van der Waals surface area (Å²) in [6, 6.07) is -0.136. The fourth-order valence-corrected chi connectivity index (χ4v) is 2.04. The second-order valence-corrected chi connectivity index (χ2v) is 5.29. The molecule has 0 saturated heterocycles. The van der Waals surface area contributed by atoms with Crippen LogP contribution in [-0.2, 0) is 13.5 Å². The van der Waals surface area contributed by atoms with Gasteiger partial charge in [0.25, 0.3) is 0 Å². The number of aliphatic hydroxyl groups is 1. The monoisotopic (exact) mass is 266 g/mol. The van der Waals surface area contributed by atoms with Crippen LogP contribution in [0.1, 0.15) is 18.4 Å². The molecule has 1 aromatic rings. The van der Waals surface area contributed by atoms with Crippen LogP contribution in [0.4, 0.5) is 4.79 Å². The molecule has 1 aromatic heterocycles. The predicted molar refractivity (Wildman–Crippen MR) is 71.7 cm³/mol. The molecule has 0 bridgehead atoms. The van der Waals surface area contributed by atoms with Crippen LogP contribution in [0.5, 0.6) is 0 Å². The first kappa shape index (κ1) is 13.9. The van der Waals surface area contributed by atoms with Gasteiger partial charge in [-0.1, -0.05) is 0 Å². The third kappa shape index (κ3) is 4.24. The summed E-state index contributed by atoms with van der Waals surface area (Å²) in [7, 11) is 3.58. The number of rotatable bonds is 6. The number of carbonyl (C=O) groups is 1. The molecule has 6 heteroatoms. The van der Waals surface area contributed by atoms with Gasteiger partial charge in [0, 0.05) is 33.4 Å². The van der Waals surface area contributed by atoms with Gasteiger partial charge in [-0.05, 0) is 30.7 Å². The van der Waals surface area contributed by atoms with Crippen molar-refractivity contribution in [3.05, 3.63) is 18.0 Å². The molecule has 1 aliphatic carbocycles. The van der Waals surface area contributed by atoms with Gasteiger partial charge in [0.1, 0.15) is 0 Å². The van der Waals surface area contributed by atoms with E-state index in [1.54, 1.807) is 22.8 Å². The number of nitrogens with one attached hydrogen (secondary N) is 1. The first-order valence-electron chi connectivity index (χ1n) is 6.71. The molecular formula is C13H22N4O2. The highest BCUT2D eigenvalue weighted by Crippen LogP contribution is 2.32. The van der Waals surface area contributed by atoms with Gasteiger partial charge >= 0.3 is 6.03 Å². The first-order valence-corrected chi connectivity index (χ1v) is 6.71. The Morgan fingerprint density at radius 3 is 3.00 bits per heavy atom. The molecule has 0 radical (unpaired) electrons. The van der Waals surface area contributed by atoms with Crippen LogP contribution >= 0.6 is 0 Å². The highest BCUT2D eigenvalue weighted by atomic mass is 16.3. The first-order chi connectivity index (χ1) is 9.06. The Balaban J connectivity index is 1.65. The Kier molecular flexibility index (Phi) is 4.42. The molecule has 1 unspecified atom stereocenters. The lowest BCUT2D eigenvalue weighted by Gasteiger charge is -2.21. The average molecular weight is 266 g/mol. The fraction of sp³-hybridized carbons (Fsp3) is 0.692. The van der Waals surface area contributed by atoms with E-state index in [-0.39, 0.29) is 12.1 Å². The third-order valence-electron chi connectivity index (χ3n) is 3.42. The van der Waals surface area contributed by atoms with Crippen molar-refractivity contribution in [2.75, 3.05) is 20.1 Å². The van der Waals surface area contributed by atoms with Crippen molar-refractivity contribution in [1.29, 1.82) is 0 Å². The molecule has 0 aromatic carbocycles. The van der Waals surface area contributed by atoms with E-state index in [2.05, 4.69) is 10.4 Å². The van der Waals surface area contributed by atoms with Crippen molar-refractivity contribution in [3.8, 4) is 0 Å². The van der Waals surface area contributed by atoms with Gasteiger partial charge < -0.3 is 15.3 Å². The lowest BCUT2D eigenvalue weighted by molar-refractivity contribution is 0.113. The van der Waals surface area contributed by atoms with Crippen LogP contribution in [-0.4, -0.2) is 52.1 Å². The van der Waals surface area contributed by atoms with E-state index in [1.807, 2.05) is 13.2 Å². The summed E-state index contributed by atoms with van der Waals surface area (Å²) < 4.78 is 1.75.